The highest BCUT2D eigenvalue weighted by molar-refractivity contribution is 4.91. The first-order valence-corrected chi connectivity index (χ1v) is 6.70. The molecule has 0 amide bonds. The van der Waals surface area contributed by atoms with Gasteiger partial charge >= 0.3 is 0 Å². The Hall–Kier alpha value is -0.550. The van der Waals surface area contributed by atoms with Gasteiger partial charge in [0.05, 0.1) is 11.5 Å². The maximum Gasteiger partial charge on any atom is 0.0683 e. The molecule has 16 heavy (non-hydrogen) atoms. The molecule has 0 heterocycles. The van der Waals surface area contributed by atoms with Crippen LogP contribution in [0.3, 0.4) is 0 Å². The van der Waals surface area contributed by atoms with E-state index in [1.807, 2.05) is 13.8 Å². The molecule has 0 saturated heterocycles. The molecule has 0 aliphatic carbocycles. The first-order chi connectivity index (χ1) is 7.55. The van der Waals surface area contributed by atoms with Crippen LogP contribution in [0.2, 0.25) is 0 Å². The lowest BCUT2D eigenvalue weighted by Gasteiger charge is -2.17. The summed E-state index contributed by atoms with van der Waals surface area (Å²) in [6, 6.07) is 3.04. The fraction of sp³-hybridized carbons (Fsp3) is 0.929. The smallest absolute Gasteiger partial charge is 0.0683 e. The normalized spacial score (nSPS) is 13.4. The second-order valence-electron chi connectivity index (χ2n) is 5.30. The molecule has 1 N–H and O–H groups in total. The van der Waals surface area contributed by atoms with Gasteiger partial charge < -0.3 is 5.32 Å². The number of rotatable bonds is 9. The predicted molar refractivity (Wildman–Crippen MR) is 70.2 cm³/mol. The van der Waals surface area contributed by atoms with Crippen LogP contribution >= 0.6 is 0 Å². The maximum absolute atomic E-state index is 8.88. The van der Waals surface area contributed by atoms with Gasteiger partial charge in [-0.25, -0.2) is 0 Å². The molecule has 0 radical (unpaired) electrons. The molecule has 0 aromatic carbocycles. The standard InChI is InChI=1S/C14H28N2/c1-5-9-13(6-2)16-11-8-7-10-14(3,4)12-15/h13,16H,5-11H2,1-4H3. The molecule has 0 aliphatic rings. The van der Waals surface area contributed by atoms with Crippen molar-refractivity contribution in [3.05, 3.63) is 0 Å². The third-order valence-corrected chi connectivity index (χ3v) is 3.09. The van der Waals surface area contributed by atoms with Crippen molar-refractivity contribution in [1.29, 1.82) is 5.26 Å². The predicted octanol–water partition coefficient (Wildman–Crippen LogP) is 3.87. The minimum atomic E-state index is -0.145. The van der Waals surface area contributed by atoms with Crippen LogP contribution in [0.5, 0.6) is 0 Å². The number of nitriles is 1. The minimum Gasteiger partial charge on any atom is -0.314 e. The zero-order valence-corrected chi connectivity index (χ0v) is 11.5. The molecule has 0 bridgehead atoms. The largest absolute Gasteiger partial charge is 0.314 e. The molecule has 0 fully saturated rings. The van der Waals surface area contributed by atoms with Gasteiger partial charge in [0.15, 0.2) is 0 Å². The third kappa shape index (κ3) is 7.70. The summed E-state index contributed by atoms with van der Waals surface area (Å²) in [5.74, 6) is 0. The highest BCUT2D eigenvalue weighted by Crippen LogP contribution is 2.21. The van der Waals surface area contributed by atoms with Gasteiger partial charge in [-0.05, 0) is 46.1 Å². The second kappa shape index (κ2) is 8.58. The molecule has 2 nitrogen and oxygen atoms in total. The average Bonchev–Trinajstić information content (AvgIpc) is 2.27. The van der Waals surface area contributed by atoms with Crippen LogP contribution in [0.15, 0.2) is 0 Å². The van der Waals surface area contributed by atoms with Crippen LogP contribution in [0.4, 0.5) is 0 Å². The molecule has 0 aromatic heterocycles. The number of nitrogens with zero attached hydrogens (tertiary/aromatic N) is 1. The Bertz CT molecular complexity index is 203. The van der Waals surface area contributed by atoms with E-state index in [0.29, 0.717) is 6.04 Å². The van der Waals surface area contributed by atoms with Crippen LogP contribution in [0.25, 0.3) is 0 Å². The van der Waals surface area contributed by atoms with Crippen molar-refractivity contribution >= 4 is 0 Å². The van der Waals surface area contributed by atoms with Crippen molar-refractivity contribution in [1.82, 2.24) is 5.32 Å². The number of unbranched alkanes of at least 4 members (excludes halogenated alkanes) is 1. The summed E-state index contributed by atoms with van der Waals surface area (Å²) in [4.78, 5) is 0. The van der Waals surface area contributed by atoms with Crippen molar-refractivity contribution in [2.24, 2.45) is 5.41 Å². The van der Waals surface area contributed by atoms with E-state index >= 15 is 0 Å². The van der Waals surface area contributed by atoms with Gasteiger partial charge in [-0.3, -0.25) is 0 Å². The summed E-state index contributed by atoms with van der Waals surface area (Å²) >= 11 is 0. The van der Waals surface area contributed by atoms with Crippen molar-refractivity contribution < 1.29 is 0 Å². The lowest BCUT2D eigenvalue weighted by Crippen LogP contribution is -2.29. The Morgan fingerprint density at radius 2 is 1.94 bits per heavy atom. The molecule has 2 heteroatoms. The van der Waals surface area contributed by atoms with E-state index in [1.165, 1.54) is 25.7 Å². The third-order valence-electron chi connectivity index (χ3n) is 3.09. The van der Waals surface area contributed by atoms with E-state index in [1.54, 1.807) is 0 Å². The Balaban J connectivity index is 3.50. The highest BCUT2D eigenvalue weighted by Gasteiger charge is 2.15. The first-order valence-electron chi connectivity index (χ1n) is 6.70. The van der Waals surface area contributed by atoms with Crippen molar-refractivity contribution in [3.8, 4) is 6.07 Å². The van der Waals surface area contributed by atoms with Crippen LogP contribution in [0.1, 0.15) is 66.2 Å². The van der Waals surface area contributed by atoms with E-state index < -0.39 is 0 Å². The Morgan fingerprint density at radius 3 is 2.44 bits per heavy atom. The summed E-state index contributed by atoms with van der Waals surface area (Å²) in [6.07, 6.45) is 7.10. The fourth-order valence-corrected chi connectivity index (χ4v) is 1.85. The lowest BCUT2D eigenvalue weighted by molar-refractivity contribution is 0.406. The summed E-state index contributed by atoms with van der Waals surface area (Å²) in [5, 5.41) is 12.5. The number of nitrogens with one attached hydrogen (secondary N) is 1. The van der Waals surface area contributed by atoms with E-state index in [-0.39, 0.29) is 5.41 Å². The second-order valence-corrected chi connectivity index (χ2v) is 5.30. The number of hydrogen-bond donors (Lipinski definition) is 1. The van der Waals surface area contributed by atoms with Gasteiger partial charge in [0.1, 0.15) is 0 Å². The summed E-state index contributed by atoms with van der Waals surface area (Å²) in [7, 11) is 0. The average molecular weight is 224 g/mol. The molecule has 0 rings (SSSR count). The Kier molecular flexibility index (Phi) is 8.29. The lowest BCUT2D eigenvalue weighted by atomic mass is 9.89. The van der Waals surface area contributed by atoms with E-state index in [9.17, 15) is 0 Å². The van der Waals surface area contributed by atoms with E-state index in [4.69, 9.17) is 5.26 Å². The SMILES string of the molecule is CCCC(CC)NCCCCC(C)(C)C#N. The van der Waals surface area contributed by atoms with Crippen molar-refractivity contribution in [2.75, 3.05) is 6.54 Å². The fourth-order valence-electron chi connectivity index (χ4n) is 1.85. The Morgan fingerprint density at radius 1 is 1.25 bits per heavy atom. The molecule has 1 unspecified atom stereocenters. The van der Waals surface area contributed by atoms with Crippen molar-refractivity contribution in [3.63, 3.8) is 0 Å². The van der Waals surface area contributed by atoms with Gasteiger partial charge in [-0.1, -0.05) is 26.7 Å². The van der Waals surface area contributed by atoms with Gasteiger partial charge in [0.25, 0.3) is 0 Å². The quantitative estimate of drug-likeness (QED) is 0.603. The van der Waals surface area contributed by atoms with Crippen LogP contribution in [-0.4, -0.2) is 12.6 Å². The molecule has 0 aromatic rings. The zero-order valence-electron chi connectivity index (χ0n) is 11.5. The molecular formula is C14H28N2. The molecular weight excluding hydrogens is 196 g/mol. The summed E-state index contributed by atoms with van der Waals surface area (Å²) < 4.78 is 0. The van der Waals surface area contributed by atoms with Crippen LogP contribution in [-0.2, 0) is 0 Å². The van der Waals surface area contributed by atoms with Crippen LogP contribution < -0.4 is 5.32 Å². The monoisotopic (exact) mass is 224 g/mol. The van der Waals surface area contributed by atoms with E-state index in [2.05, 4.69) is 25.2 Å². The van der Waals surface area contributed by atoms with Gasteiger partial charge in [0.2, 0.25) is 0 Å². The van der Waals surface area contributed by atoms with Crippen LogP contribution in [0, 0.1) is 16.7 Å². The van der Waals surface area contributed by atoms with Crippen molar-refractivity contribution in [2.45, 2.75) is 72.3 Å². The molecule has 0 spiro atoms. The summed E-state index contributed by atoms with van der Waals surface area (Å²) in [6.45, 7) is 9.62. The molecule has 0 saturated carbocycles. The number of hydrogen-bond acceptors (Lipinski definition) is 2. The molecule has 1 atom stereocenters. The van der Waals surface area contributed by atoms with Gasteiger partial charge in [0, 0.05) is 6.04 Å². The molecule has 94 valence electrons. The molecule has 0 aliphatic heterocycles. The van der Waals surface area contributed by atoms with Gasteiger partial charge in [-0.15, -0.1) is 0 Å². The van der Waals surface area contributed by atoms with Gasteiger partial charge in [-0.2, -0.15) is 5.26 Å². The summed E-state index contributed by atoms with van der Waals surface area (Å²) in [5.41, 5.74) is -0.145. The van der Waals surface area contributed by atoms with E-state index in [0.717, 1.165) is 19.4 Å². The highest BCUT2D eigenvalue weighted by atomic mass is 14.9. The zero-order chi connectivity index (χ0) is 12.4. The first kappa shape index (κ1) is 15.4. The topological polar surface area (TPSA) is 35.8 Å². The Labute approximate surface area is 101 Å². The maximum atomic E-state index is 8.88. The minimum absolute atomic E-state index is 0.145.